The molecule has 5 heteroatoms. The van der Waals surface area contributed by atoms with Gasteiger partial charge in [-0.25, -0.2) is 0 Å². The lowest BCUT2D eigenvalue weighted by Crippen LogP contribution is -2.23. The minimum absolute atomic E-state index is 0.470. The van der Waals surface area contributed by atoms with Gasteiger partial charge in [0.1, 0.15) is 5.75 Å². The summed E-state index contributed by atoms with van der Waals surface area (Å²) in [7, 11) is 0. The molecule has 0 bridgehead atoms. The van der Waals surface area contributed by atoms with E-state index in [9.17, 15) is 13.2 Å². The Bertz CT molecular complexity index is 437. The van der Waals surface area contributed by atoms with Crippen LogP contribution in [0.2, 0.25) is 0 Å². The minimum Gasteiger partial charge on any atom is -0.493 e. The molecule has 0 saturated heterocycles. The first-order valence-corrected chi connectivity index (χ1v) is 6.24. The van der Waals surface area contributed by atoms with Gasteiger partial charge < -0.3 is 10.1 Å². The summed E-state index contributed by atoms with van der Waals surface area (Å²) in [4.78, 5) is 0. The van der Waals surface area contributed by atoms with E-state index in [0.29, 0.717) is 12.4 Å². The van der Waals surface area contributed by atoms with Crippen molar-refractivity contribution in [3.63, 3.8) is 0 Å². The van der Waals surface area contributed by atoms with Crippen LogP contribution in [0.25, 0.3) is 0 Å². The van der Waals surface area contributed by atoms with E-state index in [0.717, 1.165) is 38.1 Å². The molecular weight excluding hydrogens is 255 g/mol. The minimum atomic E-state index is -4.29. The number of benzene rings is 1. The van der Waals surface area contributed by atoms with Gasteiger partial charge in [-0.05, 0) is 37.2 Å². The SMILES string of the molecule is FC(F)(F)c1ccc(OCCC2=CCCNC2)cc1. The Balaban J connectivity index is 1.81. The summed E-state index contributed by atoms with van der Waals surface area (Å²) in [5.41, 5.74) is 0.636. The van der Waals surface area contributed by atoms with Crippen molar-refractivity contribution in [2.24, 2.45) is 0 Å². The van der Waals surface area contributed by atoms with Gasteiger partial charge in [0.25, 0.3) is 0 Å². The first-order chi connectivity index (χ1) is 9.05. The lowest BCUT2D eigenvalue weighted by atomic mass is 10.1. The summed E-state index contributed by atoms with van der Waals surface area (Å²) >= 11 is 0. The van der Waals surface area contributed by atoms with Gasteiger partial charge in [0.05, 0.1) is 12.2 Å². The van der Waals surface area contributed by atoms with E-state index >= 15 is 0 Å². The molecule has 0 amide bonds. The van der Waals surface area contributed by atoms with Crippen molar-refractivity contribution in [3.05, 3.63) is 41.5 Å². The van der Waals surface area contributed by atoms with E-state index in [-0.39, 0.29) is 0 Å². The zero-order chi connectivity index (χ0) is 13.7. The molecule has 1 aliphatic rings. The van der Waals surface area contributed by atoms with Crippen molar-refractivity contribution in [1.82, 2.24) is 5.32 Å². The molecule has 1 aliphatic heterocycles. The van der Waals surface area contributed by atoms with Crippen LogP contribution < -0.4 is 10.1 Å². The molecule has 0 saturated carbocycles. The molecule has 0 radical (unpaired) electrons. The number of hydrogen-bond acceptors (Lipinski definition) is 2. The predicted molar refractivity (Wildman–Crippen MR) is 67.1 cm³/mol. The molecule has 0 fully saturated rings. The van der Waals surface area contributed by atoms with Gasteiger partial charge in [0.15, 0.2) is 0 Å². The molecule has 1 heterocycles. The Kier molecular flexibility index (Phi) is 4.47. The third kappa shape index (κ3) is 4.28. The Hall–Kier alpha value is -1.49. The first-order valence-electron chi connectivity index (χ1n) is 6.24. The zero-order valence-corrected chi connectivity index (χ0v) is 10.5. The Morgan fingerprint density at radius 1 is 1.16 bits per heavy atom. The quantitative estimate of drug-likeness (QED) is 0.847. The highest BCUT2D eigenvalue weighted by molar-refractivity contribution is 5.28. The predicted octanol–water partition coefficient (Wildman–Crippen LogP) is 3.39. The van der Waals surface area contributed by atoms with Crippen LogP contribution in [0.4, 0.5) is 13.2 Å². The monoisotopic (exact) mass is 271 g/mol. The molecule has 2 rings (SSSR count). The van der Waals surface area contributed by atoms with E-state index in [1.807, 2.05) is 0 Å². The second-order valence-corrected chi connectivity index (χ2v) is 4.45. The highest BCUT2D eigenvalue weighted by atomic mass is 19.4. The topological polar surface area (TPSA) is 21.3 Å². The molecule has 1 aromatic rings. The Labute approximate surface area is 110 Å². The van der Waals surface area contributed by atoms with Gasteiger partial charge in [0, 0.05) is 13.0 Å². The van der Waals surface area contributed by atoms with Gasteiger partial charge in [-0.2, -0.15) is 13.2 Å². The lowest BCUT2D eigenvalue weighted by molar-refractivity contribution is -0.137. The third-order valence-corrected chi connectivity index (χ3v) is 2.98. The molecule has 2 nitrogen and oxygen atoms in total. The van der Waals surface area contributed by atoms with E-state index in [2.05, 4.69) is 11.4 Å². The van der Waals surface area contributed by atoms with Gasteiger partial charge in [-0.15, -0.1) is 0 Å². The van der Waals surface area contributed by atoms with Crippen molar-refractivity contribution in [3.8, 4) is 5.75 Å². The smallest absolute Gasteiger partial charge is 0.416 e. The molecule has 19 heavy (non-hydrogen) atoms. The largest absolute Gasteiger partial charge is 0.493 e. The molecule has 0 spiro atoms. The van der Waals surface area contributed by atoms with E-state index in [1.165, 1.54) is 17.7 Å². The number of halogens is 3. The van der Waals surface area contributed by atoms with Crippen LogP contribution in [0.3, 0.4) is 0 Å². The van der Waals surface area contributed by atoms with Crippen LogP contribution in [0.1, 0.15) is 18.4 Å². The van der Waals surface area contributed by atoms with Crippen LogP contribution >= 0.6 is 0 Å². The summed E-state index contributed by atoms with van der Waals surface area (Å²) in [6.45, 7) is 2.36. The molecule has 104 valence electrons. The average Bonchev–Trinajstić information content (AvgIpc) is 2.39. The maximum atomic E-state index is 12.4. The Morgan fingerprint density at radius 3 is 2.47 bits per heavy atom. The summed E-state index contributed by atoms with van der Waals surface area (Å²) < 4.78 is 42.5. The molecule has 0 aromatic heterocycles. The van der Waals surface area contributed by atoms with Crippen LogP contribution in [0.5, 0.6) is 5.75 Å². The highest BCUT2D eigenvalue weighted by Gasteiger charge is 2.29. The first kappa shape index (κ1) is 13.9. The number of hydrogen-bond donors (Lipinski definition) is 1. The average molecular weight is 271 g/mol. The van der Waals surface area contributed by atoms with E-state index in [1.54, 1.807) is 0 Å². The molecule has 0 aliphatic carbocycles. The second-order valence-electron chi connectivity index (χ2n) is 4.45. The maximum Gasteiger partial charge on any atom is 0.416 e. The van der Waals surface area contributed by atoms with Crippen LogP contribution in [-0.4, -0.2) is 19.7 Å². The van der Waals surface area contributed by atoms with Gasteiger partial charge in [-0.1, -0.05) is 11.6 Å². The molecule has 0 unspecified atom stereocenters. The van der Waals surface area contributed by atoms with Gasteiger partial charge >= 0.3 is 6.18 Å². The third-order valence-electron chi connectivity index (χ3n) is 2.98. The van der Waals surface area contributed by atoms with Crippen molar-refractivity contribution >= 4 is 0 Å². The zero-order valence-electron chi connectivity index (χ0n) is 10.5. The van der Waals surface area contributed by atoms with Crippen LogP contribution in [0.15, 0.2) is 35.9 Å². The summed E-state index contributed by atoms with van der Waals surface area (Å²) in [5, 5.41) is 3.26. The molecular formula is C14H16F3NO. The summed E-state index contributed by atoms with van der Waals surface area (Å²) in [6, 6.07) is 4.79. The normalized spacial score (nSPS) is 16.1. The van der Waals surface area contributed by atoms with E-state index < -0.39 is 11.7 Å². The molecule has 1 N–H and O–H groups in total. The number of ether oxygens (including phenoxy) is 1. The van der Waals surface area contributed by atoms with Crippen molar-refractivity contribution in [2.45, 2.75) is 19.0 Å². The van der Waals surface area contributed by atoms with Crippen LogP contribution in [0, 0.1) is 0 Å². The van der Waals surface area contributed by atoms with Gasteiger partial charge in [-0.3, -0.25) is 0 Å². The lowest BCUT2D eigenvalue weighted by Gasteiger charge is -2.14. The fourth-order valence-corrected chi connectivity index (χ4v) is 1.93. The summed E-state index contributed by atoms with van der Waals surface area (Å²) in [6.07, 6.45) is -0.284. The number of alkyl halides is 3. The fraction of sp³-hybridized carbons (Fsp3) is 0.429. The Morgan fingerprint density at radius 2 is 1.89 bits per heavy atom. The van der Waals surface area contributed by atoms with Crippen molar-refractivity contribution < 1.29 is 17.9 Å². The fourth-order valence-electron chi connectivity index (χ4n) is 1.93. The van der Waals surface area contributed by atoms with E-state index in [4.69, 9.17) is 4.74 Å². The van der Waals surface area contributed by atoms with Gasteiger partial charge in [0.2, 0.25) is 0 Å². The van der Waals surface area contributed by atoms with Crippen LogP contribution in [-0.2, 0) is 6.18 Å². The molecule has 0 atom stereocenters. The second kappa shape index (κ2) is 6.10. The highest BCUT2D eigenvalue weighted by Crippen LogP contribution is 2.30. The number of nitrogens with one attached hydrogen (secondary N) is 1. The molecule has 1 aromatic carbocycles. The van der Waals surface area contributed by atoms with Crippen molar-refractivity contribution in [1.29, 1.82) is 0 Å². The summed E-state index contributed by atoms with van der Waals surface area (Å²) in [5.74, 6) is 0.470. The standard InChI is InChI=1S/C14H16F3NO/c15-14(16,17)12-3-5-13(6-4-12)19-9-7-11-2-1-8-18-10-11/h2-6,18H,1,7-10H2. The van der Waals surface area contributed by atoms with Crippen molar-refractivity contribution in [2.75, 3.05) is 19.7 Å². The maximum absolute atomic E-state index is 12.4. The number of rotatable bonds is 4.